The van der Waals surface area contributed by atoms with E-state index in [4.69, 9.17) is 4.74 Å². The Balaban J connectivity index is 1.96. The van der Waals surface area contributed by atoms with Crippen LogP contribution in [0.5, 0.6) is 0 Å². The Kier molecular flexibility index (Phi) is 6.32. The molecule has 174 valence electrons. The van der Waals surface area contributed by atoms with Gasteiger partial charge in [0.1, 0.15) is 11.4 Å². The summed E-state index contributed by atoms with van der Waals surface area (Å²) in [4.78, 5) is 35.7. The Hall–Kier alpha value is -3.32. The maximum absolute atomic E-state index is 13.2. The first kappa shape index (κ1) is 23.3. The molecule has 32 heavy (non-hydrogen) atoms. The van der Waals surface area contributed by atoms with Crippen molar-refractivity contribution in [1.29, 1.82) is 0 Å². The SMILES string of the molecule is CCOC(=O)N1CCN(c2cnc(C(F)(F)F)cn2)CC1c1c[nH]c(=O)c(C(F)(F)F)c1. The second-order valence-electron chi connectivity index (χ2n) is 6.79. The van der Waals surface area contributed by atoms with Crippen LogP contribution in [-0.4, -0.2) is 52.2 Å². The summed E-state index contributed by atoms with van der Waals surface area (Å²) in [7, 11) is 0. The van der Waals surface area contributed by atoms with Gasteiger partial charge in [0.05, 0.1) is 25.0 Å². The molecule has 1 saturated heterocycles. The molecule has 0 aliphatic carbocycles. The minimum absolute atomic E-state index is 0.0212. The van der Waals surface area contributed by atoms with Gasteiger partial charge in [0.15, 0.2) is 5.69 Å². The fourth-order valence-electron chi connectivity index (χ4n) is 3.24. The molecule has 0 saturated carbocycles. The summed E-state index contributed by atoms with van der Waals surface area (Å²) in [6.45, 7) is 1.55. The lowest BCUT2D eigenvalue weighted by molar-refractivity contribution is -0.141. The average Bonchev–Trinajstić information content (AvgIpc) is 2.72. The van der Waals surface area contributed by atoms with Crippen molar-refractivity contribution < 1.29 is 35.9 Å². The van der Waals surface area contributed by atoms with E-state index in [1.165, 1.54) is 9.80 Å². The monoisotopic (exact) mass is 465 g/mol. The maximum Gasteiger partial charge on any atom is 0.434 e. The van der Waals surface area contributed by atoms with Gasteiger partial charge in [-0.05, 0) is 18.6 Å². The number of nitrogens with one attached hydrogen (secondary N) is 1. The van der Waals surface area contributed by atoms with Gasteiger partial charge in [0.25, 0.3) is 5.56 Å². The summed E-state index contributed by atoms with van der Waals surface area (Å²) >= 11 is 0. The minimum Gasteiger partial charge on any atom is -0.450 e. The second-order valence-corrected chi connectivity index (χ2v) is 6.79. The molecule has 0 radical (unpaired) electrons. The van der Waals surface area contributed by atoms with E-state index in [1.807, 2.05) is 4.98 Å². The number of piperazine rings is 1. The van der Waals surface area contributed by atoms with E-state index < -0.39 is 41.3 Å². The maximum atomic E-state index is 13.2. The number of rotatable bonds is 3. The number of carbonyl (C=O) groups is 1. The smallest absolute Gasteiger partial charge is 0.434 e. The number of H-pyrrole nitrogens is 1. The van der Waals surface area contributed by atoms with Gasteiger partial charge in [-0.3, -0.25) is 9.69 Å². The van der Waals surface area contributed by atoms with E-state index in [1.54, 1.807) is 6.92 Å². The molecular formula is C18H17F6N5O3. The van der Waals surface area contributed by atoms with Crippen molar-refractivity contribution in [2.45, 2.75) is 25.3 Å². The van der Waals surface area contributed by atoms with Gasteiger partial charge >= 0.3 is 18.4 Å². The Morgan fingerprint density at radius 2 is 1.88 bits per heavy atom. The standard InChI is InChI=1S/C18H17F6N5O3/c1-2-32-16(31)29-4-3-28(14-8-25-13(7-26-14)18(22,23)24)9-12(29)10-5-11(17(19,20)21)15(30)27-6-10/h5-8,12H,2-4,9H2,1H3,(H,27,30). The zero-order chi connectivity index (χ0) is 23.7. The quantitative estimate of drug-likeness (QED) is 0.701. The van der Waals surface area contributed by atoms with Gasteiger partial charge in [0, 0.05) is 25.8 Å². The van der Waals surface area contributed by atoms with E-state index in [2.05, 4.69) is 9.97 Å². The molecule has 14 heteroatoms. The summed E-state index contributed by atoms with van der Waals surface area (Å²) in [5, 5.41) is 0. The first-order valence-corrected chi connectivity index (χ1v) is 9.29. The molecular weight excluding hydrogens is 448 g/mol. The van der Waals surface area contributed by atoms with Crippen LogP contribution in [0.4, 0.5) is 37.0 Å². The summed E-state index contributed by atoms with van der Waals surface area (Å²) in [6, 6.07) is -0.373. The molecule has 1 amide bonds. The average molecular weight is 465 g/mol. The van der Waals surface area contributed by atoms with Gasteiger partial charge in [-0.15, -0.1) is 0 Å². The van der Waals surface area contributed by atoms with Gasteiger partial charge in [-0.2, -0.15) is 26.3 Å². The van der Waals surface area contributed by atoms with Crippen LogP contribution in [-0.2, 0) is 17.1 Å². The number of alkyl halides is 6. The molecule has 0 spiro atoms. The van der Waals surface area contributed by atoms with Crippen LogP contribution in [0, 0.1) is 0 Å². The number of aromatic nitrogens is 3. The molecule has 3 rings (SSSR count). The molecule has 0 bridgehead atoms. The molecule has 1 fully saturated rings. The first-order valence-electron chi connectivity index (χ1n) is 9.29. The highest BCUT2D eigenvalue weighted by atomic mass is 19.4. The van der Waals surface area contributed by atoms with E-state index in [9.17, 15) is 35.9 Å². The molecule has 1 atom stereocenters. The van der Waals surface area contributed by atoms with E-state index in [0.717, 1.165) is 12.4 Å². The predicted molar refractivity (Wildman–Crippen MR) is 97.8 cm³/mol. The lowest BCUT2D eigenvalue weighted by atomic mass is 10.0. The summed E-state index contributed by atoms with van der Waals surface area (Å²) < 4.78 is 82.8. The summed E-state index contributed by atoms with van der Waals surface area (Å²) in [5.41, 5.74) is -4.01. The zero-order valence-electron chi connectivity index (χ0n) is 16.5. The third-order valence-electron chi connectivity index (χ3n) is 4.75. The zero-order valence-corrected chi connectivity index (χ0v) is 16.5. The Morgan fingerprint density at radius 1 is 1.16 bits per heavy atom. The summed E-state index contributed by atoms with van der Waals surface area (Å²) in [6.07, 6.45) is -7.89. The van der Waals surface area contributed by atoms with Crippen molar-refractivity contribution in [1.82, 2.24) is 19.9 Å². The van der Waals surface area contributed by atoms with Crippen LogP contribution < -0.4 is 10.5 Å². The topological polar surface area (TPSA) is 91.4 Å². The van der Waals surface area contributed by atoms with Crippen LogP contribution in [0.25, 0.3) is 0 Å². The van der Waals surface area contributed by atoms with Gasteiger partial charge < -0.3 is 14.6 Å². The predicted octanol–water partition coefficient (Wildman–Crippen LogP) is 3.22. The molecule has 3 heterocycles. The number of ether oxygens (including phenoxy) is 1. The molecule has 2 aromatic heterocycles. The van der Waals surface area contributed by atoms with Crippen molar-refractivity contribution in [2.24, 2.45) is 0 Å². The highest BCUT2D eigenvalue weighted by Crippen LogP contribution is 2.33. The molecule has 1 N–H and O–H groups in total. The number of pyridine rings is 1. The number of nitrogens with zero attached hydrogens (tertiary/aromatic N) is 4. The highest BCUT2D eigenvalue weighted by molar-refractivity contribution is 5.69. The fourth-order valence-corrected chi connectivity index (χ4v) is 3.24. The van der Waals surface area contributed by atoms with Crippen LogP contribution in [0.1, 0.15) is 29.8 Å². The number of amides is 1. The number of carbonyl (C=O) groups excluding carboxylic acids is 1. The molecule has 2 aromatic rings. The number of anilines is 1. The van der Waals surface area contributed by atoms with Crippen molar-refractivity contribution in [3.8, 4) is 0 Å². The van der Waals surface area contributed by atoms with E-state index in [0.29, 0.717) is 12.3 Å². The number of hydrogen-bond donors (Lipinski definition) is 1. The number of hydrogen-bond acceptors (Lipinski definition) is 6. The minimum atomic E-state index is -4.92. The third kappa shape index (κ3) is 4.94. The molecule has 0 aromatic carbocycles. The fraction of sp³-hybridized carbons (Fsp3) is 0.444. The van der Waals surface area contributed by atoms with Gasteiger partial charge in [-0.25, -0.2) is 14.8 Å². The number of halogens is 6. The van der Waals surface area contributed by atoms with Gasteiger partial charge in [0.2, 0.25) is 0 Å². The first-order chi connectivity index (χ1) is 14.9. The Labute approximate surface area is 176 Å². The van der Waals surface area contributed by atoms with E-state index >= 15 is 0 Å². The summed E-state index contributed by atoms with van der Waals surface area (Å²) in [5.74, 6) is 0.0481. The highest BCUT2D eigenvalue weighted by Gasteiger charge is 2.38. The second kappa shape index (κ2) is 8.67. The van der Waals surface area contributed by atoms with Crippen LogP contribution >= 0.6 is 0 Å². The van der Waals surface area contributed by atoms with Crippen molar-refractivity contribution in [3.05, 3.63) is 51.8 Å². The number of aromatic amines is 1. The van der Waals surface area contributed by atoms with Crippen molar-refractivity contribution in [3.63, 3.8) is 0 Å². The Bertz CT molecular complexity index is 1020. The van der Waals surface area contributed by atoms with E-state index in [-0.39, 0.29) is 37.6 Å². The normalized spacial score (nSPS) is 17.4. The molecule has 8 nitrogen and oxygen atoms in total. The van der Waals surface area contributed by atoms with Crippen molar-refractivity contribution in [2.75, 3.05) is 31.1 Å². The molecule has 1 aliphatic heterocycles. The molecule has 1 aliphatic rings. The van der Waals surface area contributed by atoms with Gasteiger partial charge in [-0.1, -0.05) is 0 Å². The lowest BCUT2D eigenvalue weighted by Gasteiger charge is -2.41. The van der Waals surface area contributed by atoms with Crippen LogP contribution in [0.15, 0.2) is 29.5 Å². The van der Waals surface area contributed by atoms with Crippen LogP contribution in [0.3, 0.4) is 0 Å². The Morgan fingerprint density at radius 3 is 2.44 bits per heavy atom. The molecule has 1 unspecified atom stereocenters. The van der Waals surface area contributed by atoms with Crippen molar-refractivity contribution >= 4 is 11.9 Å². The lowest BCUT2D eigenvalue weighted by Crippen LogP contribution is -2.51. The largest absolute Gasteiger partial charge is 0.450 e. The third-order valence-corrected chi connectivity index (χ3v) is 4.75. The van der Waals surface area contributed by atoms with Crippen LogP contribution in [0.2, 0.25) is 0 Å².